The second-order valence-corrected chi connectivity index (χ2v) is 7.17. The van der Waals surface area contributed by atoms with Gasteiger partial charge in [-0.15, -0.1) is 0 Å². The van der Waals surface area contributed by atoms with Crippen molar-refractivity contribution in [3.63, 3.8) is 0 Å². The van der Waals surface area contributed by atoms with E-state index in [4.69, 9.17) is 18.9 Å². The van der Waals surface area contributed by atoms with Crippen LogP contribution in [0.2, 0.25) is 0 Å². The first-order valence-electron chi connectivity index (χ1n) is 11.1. The molecule has 6 nitrogen and oxygen atoms in total. The number of carbonyl (C=O) groups is 2. The molecule has 2 rings (SSSR count). The number of ketones is 2. The maximum Gasteiger partial charge on any atom is 0.181 e. The first kappa shape index (κ1) is 25.2. The quantitative estimate of drug-likeness (QED) is 0.305. The summed E-state index contributed by atoms with van der Waals surface area (Å²) in [7, 11) is 0. The fraction of sp³-hybridized carbons (Fsp3) is 0.423. The Bertz CT molecular complexity index is 799. The molecule has 6 heteroatoms. The molecule has 0 amide bonds. The number of ether oxygens (including phenoxy) is 4. The first-order valence-corrected chi connectivity index (χ1v) is 11.1. The molecule has 0 saturated carbocycles. The Morgan fingerprint density at radius 1 is 0.688 bits per heavy atom. The summed E-state index contributed by atoms with van der Waals surface area (Å²) in [5, 5.41) is 0. The van der Waals surface area contributed by atoms with E-state index in [0.29, 0.717) is 49.4 Å². The van der Waals surface area contributed by atoms with Crippen LogP contribution in [0.15, 0.2) is 36.4 Å². The molecular formula is C26H33O6. The molecule has 0 fully saturated rings. The van der Waals surface area contributed by atoms with Crippen LogP contribution < -0.4 is 18.9 Å². The molecule has 2 aromatic carbocycles. The molecule has 0 aromatic heterocycles. The van der Waals surface area contributed by atoms with Gasteiger partial charge < -0.3 is 18.9 Å². The second-order valence-electron chi connectivity index (χ2n) is 7.17. The molecule has 0 N–H and O–H groups in total. The van der Waals surface area contributed by atoms with Crippen molar-refractivity contribution < 1.29 is 28.5 Å². The van der Waals surface area contributed by atoms with E-state index in [2.05, 4.69) is 6.92 Å². The Kier molecular flexibility index (Phi) is 9.57. The standard InChI is InChI=1S/C26H33O6/c1-7-29-18-13-11-14-19(30-8-2)23(18)25(27)22(17(5)6)26(28)24-20(31-9-3)15-12-16-21(24)32-10-4/h11-17,22H,5,7-10H2,1-4,6H3. The van der Waals surface area contributed by atoms with Crippen LogP contribution >= 0.6 is 0 Å². The topological polar surface area (TPSA) is 71.1 Å². The zero-order valence-electron chi connectivity index (χ0n) is 19.6. The fourth-order valence-electron chi connectivity index (χ4n) is 3.56. The third-order valence-corrected chi connectivity index (χ3v) is 4.80. The van der Waals surface area contributed by atoms with Crippen molar-refractivity contribution in [2.24, 2.45) is 11.8 Å². The van der Waals surface area contributed by atoms with Crippen LogP contribution in [0.1, 0.15) is 55.3 Å². The summed E-state index contributed by atoms with van der Waals surface area (Å²) in [6.07, 6.45) is 0. The minimum Gasteiger partial charge on any atom is -0.493 e. The normalized spacial score (nSPS) is 10.9. The monoisotopic (exact) mass is 441 g/mol. The highest BCUT2D eigenvalue weighted by Crippen LogP contribution is 2.37. The Morgan fingerprint density at radius 3 is 1.19 bits per heavy atom. The second kappa shape index (κ2) is 12.1. The number of Topliss-reactive ketones (excluding diaryl/α,β-unsaturated/α-hetero) is 2. The smallest absolute Gasteiger partial charge is 0.181 e. The summed E-state index contributed by atoms with van der Waals surface area (Å²) < 4.78 is 22.8. The van der Waals surface area contributed by atoms with E-state index in [1.807, 2.05) is 27.7 Å². The molecule has 32 heavy (non-hydrogen) atoms. The van der Waals surface area contributed by atoms with Crippen molar-refractivity contribution in [2.75, 3.05) is 26.4 Å². The highest BCUT2D eigenvalue weighted by Gasteiger charge is 2.37. The summed E-state index contributed by atoms with van der Waals surface area (Å²) in [5.74, 6) is -0.887. The summed E-state index contributed by atoms with van der Waals surface area (Å²) in [5.41, 5.74) is 0.494. The lowest BCUT2D eigenvalue weighted by molar-refractivity contribution is 0.0768. The van der Waals surface area contributed by atoms with Crippen LogP contribution in [0, 0.1) is 18.8 Å². The van der Waals surface area contributed by atoms with Gasteiger partial charge in [0.1, 0.15) is 34.1 Å². The van der Waals surface area contributed by atoms with Crippen LogP contribution in [0.5, 0.6) is 23.0 Å². The van der Waals surface area contributed by atoms with Crippen molar-refractivity contribution in [2.45, 2.75) is 34.6 Å². The molecule has 1 atom stereocenters. The van der Waals surface area contributed by atoms with E-state index in [-0.39, 0.29) is 11.1 Å². The SMILES string of the molecule is [CH2]C(C)C(C(=O)c1c(OCC)cccc1OCC)C(=O)c1c(OCC)cccc1OCC. The van der Waals surface area contributed by atoms with E-state index >= 15 is 0 Å². The summed E-state index contributed by atoms with van der Waals surface area (Å²) >= 11 is 0. The Morgan fingerprint density at radius 2 is 0.969 bits per heavy atom. The molecule has 1 unspecified atom stereocenters. The van der Waals surface area contributed by atoms with Gasteiger partial charge in [-0.3, -0.25) is 9.59 Å². The van der Waals surface area contributed by atoms with Crippen LogP contribution in [-0.4, -0.2) is 38.0 Å². The lowest BCUT2D eigenvalue weighted by atomic mass is 9.81. The van der Waals surface area contributed by atoms with E-state index in [1.165, 1.54) is 0 Å². The number of carbonyl (C=O) groups excluding carboxylic acids is 2. The number of benzene rings is 2. The molecule has 0 saturated heterocycles. The summed E-state index contributed by atoms with van der Waals surface area (Å²) in [4.78, 5) is 27.7. The predicted octanol–water partition coefficient (Wildman–Crippen LogP) is 5.43. The highest BCUT2D eigenvalue weighted by molar-refractivity contribution is 6.19. The molecule has 0 heterocycles. The zero-order valence-corrected chi connectivity index (χ0v) is 19.6. The van der Waals surface area contributed by atoms with Gasteiger partial charge in [-0.1, -0.05) is 19.1 Å². The van der Waals surface area contributed by atoms with Crippen LogP contribution in [-0.2, 0) is 0 Å². The van der Waals surface area contributed by atoms with Gasteiger partial charge in [0.05, 0.1) is 32.3 Å². The van der Waals surface area contributed by atoms with Crippen molar-refractivity contribution >= 4 is 11.6 Å². The van der Waals surface area contributed by atoms with E-state index in [0.717, 1.165) is 0 Å². The van der Waals surface area contributed by atoms with Gasteiger partial charge in [-0.25, -0.2) is 0 Å². The fourth-order valence-corrected chi connectivity index (χ4v) is 3.56. The average molecular weight is 442 g/mol. The molecule has 2 aromatic rings. The van der Waals surface area contributed by atoms with Gasteiger partial charge in [0.2, 0.25) is 0 Å². The number of rotatable bonds is 13. The third kappa shape index (κ3) is 5.61. The molecule has 1 radical (unpaired) electrons. The average Bonchev–Trinajstić information content (AvgIpc) is 2.75. The van der Waals surface area contributed by atoms with Gasteiger partial charge in [0.25, 0.3) is 0 Å². The lowest BCUT2D eigenvalue weighted by Gasteiger charge is -2.23. The number of hydrogen-bond donors (Lipinski definition) is 0. The Hall–Kier alpha value is -3.02. The molecule has 0 bridgehead atoms. The van der Waals surface area contributed by atoms with Crippen LogP contribution in [0.3, 0.4) is 0 Å². The van der Waals surface area contributed by atoms with E-state index in [1.54, 1.807) is 43.3 Å². The molecule has 0 aliphatic heterocycles. The van der Waals surface area contributed by atoms with Crippen molar-refractivity contribution in [1.29, 1.82) is 0 Å². The molecule has 0 aliphatic carbocycles. The highest BCUT2D eigenvalue weighted by atomic mass is 16.5. The predicted molar refractivity (Wildman–Crippen MR) is 124 cm³/mol. The first-order chi connectivity index (χ1) is 15.4. The molecule has 0 aliphatic rings. The van der Waals surface area contributed by atoms with E-state index < -0.39 is 23.4 Å². The number of hydrogen-bond acceptors (Lipinski definition) is 6. The van der Waals surface area contributed by atoms with Gasteiger partial charge in [0, 0.05) is 0 Å². The third-order valence-electron chi connectivity index (χ3n) is 4.80. The van der Waals surface area contributed by atoms with E-state index in [9.17, 15) is 9.59 Å². The van der Waals surface area contributed by atoms with Gasteiger partial charge in [-0.2, -0.15) is 0 Å². The van der Waals surface area contributed by atoms with Gasteiger partial charge >= 0.3 is 0 Å². The molecular weight excluding hydrogens is 408 g/mol. The maximum absolute atomic E-state index is 13.8. The largest absolute Gasteiger partial charge is 0.493 e. The maximum atomic E-state index is 13.8. The molecule has 173 valence electrons. The summed E-state index contributed by atoms with van der Waals surface area (Å²) in [6, 6.07) is 10.3. The van der Waals surface area contributed by atoms with Crippen molar-refractivity contribution in [3.8, 4) is 23.0 Å². The lowest BCUT2D eigenvalue weighted by Crippen LogP contribution is -2.31. The van der Waals surface area contributed by atoms with Gasteiger partial charge in [-0.05, 0) is 64.8 Å². The molecule has 0 spiro atoms. The zero-order chi connectivity index (χ0) is 23.7. The van der Waals surface area contributed by atoms with Crippen molar-refractivity contribution in [1.82, 2.24) is 0 Å². The van der Waals surface area contributed by atoms with Crippen molar-refractivity contribution in [3.05, 3.63) is 54.4 Å². The van der Waals surface area contributed by atoms with Crippen LogP contribution in [0.25, 0.3) is 0 Å². The Balaban J connectivity index is 2.64. The van der Waals surface area contributed by atoms with Crippen LogP contribution in [0.4, 0.5) is 0 Å². The minimum absolute atomic E-state index is 0.247. The van der Waals surface area contributed by atoms with Gasteiger partial charge in [0.15, 0.2) is 11.6 Å². The summed E-state index contributed by atoms with van der Waals surface area (Å²) in [6.45, 7) is 14.6. The minimum atomic E-state index is -1.07. The Labute approximate surface area is 190 Å².